The second-order valence-corrected chi connectivity index (χ2v) is 13.2. The lowest BCUT2D eigenvalue weighted by atomic mass is 10.0. The van der Waals surface area contributed by atoms with Crippen LogP contribution in [-0.2, 0) is 32.6 Å². The summed E-state index contributed by atoms with van der Waals surface area (Å²) in [6.07, 6.45) is 0.247. The van der Waals surface area contributed by atoms with E-state index in [0.29, 0.717) is 11.6 Å². The van der Waals surface area contributed by atoms with Crippen molar-refractivity contribution in [2.45, 2.75) is 37.8 Å². The molecule has 0 aliphatic heterocycles. The number of benzene rings is 4. The Labute approximate surface area is 266 Å². The van der Waals surface area contributed by atoms with Gasteiger partial charge in [0, 0.05) is 29.0 Å². The van der Waals surface area contributed by atoms with Gasteiger partial charge in [-0.15, -0.1) is 0 Å². The van der Waals surface area contributed by atoms with Gasteiger partial charge in [0.15, 0.2) is 0 Å². The average Bonchev–Trinajstić information content (AvgIpc) is 3.01. The number of likely N-dealkylation sites (N-methyl/N-ethyl adjacent to an activating group) is 1. The van der Waals surface area contributed by atoms with Crippen molar-refractivity contribution in [2.24, 2.45) is 0 Å². The molecule has 4 aromatic rings. The van der Waals surface area contributed by atoms with Gasteiger partial charge in [-0.3, -0.25) is 13.9 Å². The molecule has 2 amide bonds. The van der Waals surface area contributed by atoms with Crippen molar-refractivity contribution in [3.8, 4) is 0 Å². The number of amides is 2. The highest BCUT2D eigenvalue weighted by molar-refractivity contribution is 9.10. The Morgan fingerprint density at radius 3 is 2.12 bits per heavy atom. The van der Waals surface area contributed by atoms with Crippen LogP contribution < -0.4 is 9.62 Å². The monoisotopic (exact) mass is 681 g/mol. The highest BCUT2D eigenvalue weighted by atomic mass is 79.9. The quantitative estimate of drug-likeness (QED) is 0.188. The molecule has 0 aromatic heterocycles. The molecule has 0 heterocycles. The maximum Gasteiger partial charge on any atom is 0.264 e. The molecule has 43 heavy (non-hydrogen) atoms. The molecule has 10 heteroatoms. The molecule has 0 saturated carbocycles. The second-order valence-electron chi connectivity index (χ2n) is 10.0. The minimum Gasteiger partial charge on any atom is -0.355 e. The molecule has 0 spiro atoms. The van der Waals surface area contributed by atoms with Crippen LogP contribution in [0.1, 0.15) is 23.6 Å². The third kappa shape index (κ3) is 8.25. The zero-order valence-electron chi connectivity index (χ0n) is 23.9. The Balaban J connectivity index is 1.80. The molecule has 0 aliphatic rings. The average molecular weight is 683 g/mol. The fourth-order valence-corrected chi connectivity index (χ4v) is 6.48. The smallest absolute Gasteiger partial charge is 0.264 e. The summed E-state index contributed by atoms with van der Waals surface area (Å²) in [5, 5.41) is 3.23. The zero-order chi connectivity index (χ0) is 31.0. The number of carbonyl (C=O) groups excluding carboxylic acids is 2. The molecule has 0 unspecified atom stereocenters. The highest BCUT2D eigenvalue weighted by Gasteiger charge is 2.34. The van der Waals surface area contributed by atoms with Gasteiger partial charge in [0.05, 0.1) is 10.6 Å². The van der Waals surface area contributed by atoms with Crippen LogP contribution >= 0.6 is 27.5 Å². The molecule has 0 fully saturated rings. The minimum atomic E-state index is -4.19. The van der Waals surface area contributed by atoms with E-state index in [1.54, 1.807) is 30.3 Å². The standard InChI is InChI=1S/C33H33BrClN3O4S/c1-3-36-33(40)31(20-25-10-6-4-7-11-25)37(22-26-15-17-27(34)18-16-26)32(39)23-38(28-19-14-24(2)30(35)21-28)43(41,42)29-12-8-5-9-13-29/h4-19,21,31H,3,20,22-23H2,1-2H3,(H,36,40)/t31-/m0/s1. The van der Waals surface area contributed by atoms with Gasteiger partial charge in [-0.05, 0) is 66.9 Å². The number of nitrogens with zero attached hydrogens (tertiary/aromatic N) is 2. The van der Waals surface area contributed by atoms with Crippen LogP contribution in [0.25, 0.3) is 0 Å². The van der Waals surface area contributed by atoms with Crippen LogP contribution in [0.15, 0.2) is 112 Å². The van der Waals surface area contributed by atoms with Gasteiger partial charge in [-0.25, -0.2) is 8.42 Å². The van der Waals surface area contributed by atoms with Gasteiger partial charge in [0.1, 0.15) is 12.6 Å². The lowest BCUT2D eigenvalue weighted by molar-refractivity contribution is -0.140. The fraction of sp³-hybridized carbons (Fsp3) is 0.212. The van der Waals surface area contributed by atoms with E-state index in [1.165, 1.54) is 23.1 Å². The highest BCUT2D eigenvalue weighted by Crippen LogP contribution is 2.29. The van der Waals surface area contributed by atoms with E-state index in [0.717, 1.165) is 25.5 Å². The molecular weight excluding hydrogens is 650 g/mol. The summed E-state index contributed by atoms with van der Waals surface area (Å²) in [5.41, 5.74) is 2.67. The van der Waals surface area contributed by atoms with Crippen molar-refractivity contribution in [1.29, 1.82) is 0 Å². The van der Waals surface area contributed by atoms with E-state index >= 15 is 0 Å². The van der Waals surface area contributed by atoms with E-state index in [-0.39, 0.29) is 29.5 Å². The predicted octanol–water partition coefficient (Wildman–Crippen LogP) is 6.38. The van der Waals surface area contributed by atoms with Crippen molar-refractivity contribution in [2.75, 3.05) is 17.4 Å². The number of halogens is 2. The molecule has 0 radical (unpaired) electrons. The van der Waals surface area contributed by atoms with Crippen molar-refractivity contribution in [3.05, 3.63) is 129 Å². The van der Waals surface area contributed by atoms with Gasteiger partial charge in [0.2, 0.25) is 11.8 Å². The van der Waals surface area contributed by atoms with Gasteiger partial charge >= 0.3 is 0 Å². The lowest BCUT2D eigenvalue weighted by Gasteiger charge is -2.34. The summed E-state index contributed by atoms with van der Waals surface area (Å²) in [7, 11) is -4.19. The van der Waals surface area contributed by atoms with Crippen LogP contribution in [0.4, 0.5) is 5.69 Å². The minimum absolute atomic E-state index is 0.0310. The van der Waals surface area contributed by atoms with E-state index in [9.17, 15) is 18.0 Å². The van der Waals surface area contributed by atoms with E-state index in [1.807, 2.05) is 68.4 Å². The molecule has 224 valence electrons. The SMILES string of the molecule is CCNC(=O)[C@H](Cc1ccccc1)N(Cc1ccc(Br)cc1)C(=O)CN(c1ccc(C)c(Cl)c1)S(=O)(=O)c1ccccc1. The molecule has 0 saturated heterocycles. The third-order valence-electron chi connectivity index (χ3n) is 6.94. The molecule has 4 rings (SSSR count). The van der Waals surface area contributed by atoms with E-state index in [4.69, 9.17) is 11.6 Å². The Hall–Kier alpha value is -3.66. The summed E-state index contributed by atoms with van der Waals surface area (Å²) in [5.74, 6) is -0.862. The summed E-state index contributed by atoms with van der Waals surface area (Å²) >= 11 is 9.86. The van der Waals surface area contributed by atoms with Crippen molar-refractivity contribution >= 4 is 55.1 Å². The zero-order valence-corrected chi connectivity index (χ0v) is 27.1. The second kappa shape index (κ2) is 14.7. The number of nitrogens with one attached hydrogen (secondary N) is 1. The number of aryl methyl sites for hydroxylation is 1. The number of rotatable bonds is 12. The van der Waals surface area contributed by atoms with Gasteiger partial charge in [-0.1, -0.05) is 94.3 Å². The van der Waals surface area contributed by atoms with Crippen molar-refractivity contribution in [1.82, 2.24) is 10.2 Å². The Kier molecular flexibility index (Phi) is 11.0. The Morgan fingerprint density at radius 1 is 0.884 bits per heavy atom. The number of hydrogen-bond acceptors (Lipinski definition) is 4. The van der Waals surface area contributed by atoms with Crippen LogP contribution in [0, 0.1) is 6.92 Å². The molecule has 7 nitrogen and oxygen atoms in total. The molecule has 0 aliphatic carbocycles. The first-order chi connectivity index (χ1) is 20.6. The van der Waals surface area contributed by atoms with E-state index < -0.39 is 28.5 Å². The third-order valence-corrected chi connectivity index (χ3v) is 9.67. The van der Waals surface area contributed by atoms with Crippen LogP contribution in [-0.4, -0.2) is 44.3 Å². The fourth-order valence-electron chi connectivity index (χ4n) is 4.62. The van der Waals surface area contributed by atoms with Crippen LogP contribution in [0.3, 0.4) is 0 Å². The summed E-state index contributed by atoms with van der Waals surface area (Å²) in [4.78, 5) is 29.4. The maximum absolute atomic E-state index is 14.4. The first-order valence-electron chi connectivity index (χ1n) is 13.8. The summed E-state index contributed by atoms with van der Waals surface area (Å²) in [6, 6.07) is 28.8. The van der Waals surface area contributed by atoms with Crippen molar-refractivity contribution in [3.63, 3.8) is 0 Å². The predicted molar refractivity (Wildman–Crippen MR) is 174 cm³/mol. The molecule has 1 N–H and O–H groups in total. The largest absolute Gasteiger partial charge is 0.355 e. The molecule has 1 atom stereocenters. The number of hydrogen-bond donors (Lipinski definition) is 1. The topological polar surface area (TPSA) is 86.8 Å². The molecular formula is C33H33BrClN3O4S. The summed E-state index contributed by atoms with van der Waals surface area (Å²) < 4.78 is 29.9. The normalized spacial score (nSPS) is 11.9. The molecule has 0 bridgehead atoms. The van der Waals surface area contributed by atoms with Crippen molar-refractivity contribution < 1.29 is 18.0 Å². The Morgan fingerprint density at radius 2 is 1.51 bits per heavy atom. The Bertz CT molecular complexity index is 1650. The first-order valence-corrected chi connectivity index (χ1v) is 16.4. The number of carbonyl (C=O) groups is 2. The van der Waals surface area contributed by atoms with Crippen LogP contribution in [0.2, 0.25) is 5.02 Å². The maximum atomic E-state index is 14.4. The van der Waals surface area contributed by atoms with Crippen LogP contribution in [0.5, 0.6) is 0 Å². The van der Waals surface area contributed by atoms with Gasteiger partial charge in [0.25, 0.3) is 10.0 Å². The van der Waals surface area contributed by atoms with Gasteiger partial charge < -0.3 is 10.2 Å². The lowest BCUT2D eigenvalue weighted by Crippen LogP contribution is -2.53. The first kappa shape index (κ1) is 32.3. The number of sulfonamides is 1. The van der Waals surface area contributed by atoms with E-state index in [2.05, 4.69) is 21.2 Å². The molecule has 4 aromatic carbocycles. The van der Waals surface area contributed by atoms with Gasteiger partial charge in [-0.2, -0.15) is 0 Å². The summed E-state index contributed by atoms with van der Waals surface area (Å²) in [6.45, 7) is 3.55. The number of anilines is 1.